The number of likely N-dealkylation sites (N-methyl/N-ethyl adjacent to an activating group) is 1. The molecule has 1 N–H and O–H groups in total. The van der Waals surface area contributed by atoms with Crippen LogP contribution in [0.25, 0.3) is 0 Å². The van der Waals surface area contributed by atoms with Gasteiger partial charge in [0.05, 0.1) is 38.7 Å². The summed E-state index contributed by atoms with van der Waals surface area (Å²) < 4.78 is 0.704. The zero-order valence-corrected chi connectivity index (χ0v) is 8.71. The second kappa shape index (κ2) is 3.78. The Balaban J connectivity index is 2.96. The SMILES string of the molecule is C[N+]1(C)CC(C=O)=C(Cl)C(CO)C1. The van der Waals surface area contributed by atoms with E-state index in [1.165, 1.54) is 0 Å². The van der Waals surface area contributed by atoms with E-state index in [1.807, 2.05) is 14.1 Å². The Morgan fingerprint density at radius 3 is 2.77 bits per heavy atom. The van der Waals surface area contributed by atoms with Crippen molar-refractivity contribution >= 4 is 17.9 Å². The molecule has 13 heavy (non-hydrogen) atoms. The number of hydrogen-bond donors (Lipinski definition) is 1. The van der Waals surface area contributed by atoms with E-state index in [9.17, 15) is 4.79 Å². The van der Waals surface area contributed by atoms with Gasteiger partial charge in [0.2, 0.25) is 0 Å². The van der Waals surface area contributed by atoms with Gasteiger partial charge < -0.3 is 9.59 Å². The quantitative estimate of drug-likeness (QED) is 0.522. The average molecular weight is 205 g/mol. The highest BCUT2D eigenvalue weighted by Crippen LogP contribution is 2.27. The molecule has 0 fully saturated rings. The highest BCUT2D eigenvalue weighted by molar-refractivity contribution is 6.31. The maximum atomic E-state index is 10.7. The maximum absolute atomic E-state index is 10.7. The Kier molecular flexibility index (Phi) is 3.11. The highest BCUT2D eigenvalue weighted by Gasteiger charge is 2.32. The number of aliphatic hydroxyl groups excluding tert-OH is 1. The van der Waals surface area contributed by atoms with Gasteiger partial charge in [-0.25, -0.2) is 0 Å². The van der Waals surface area contributed by atoms with Crippen molar-refractivity contribution in [2.75, 3.05) is 33.8 Å². The molecule has 1 unspecified atom stereocenters. The molecule has 1 heterocycles. The molecule has 3 nitrogen and oxygen atoms in total. The number of aldehydes is 1. The molecular formula is C9H15ClNO2+. The largest absolute Gasteiger partial charge is 0.395 e. The van der Waals surface area contributed by atoms with Crippen LogP contribution in [-0.4, -0.2) is 49.7 Å². The van der Waals surface area contributed by atoms with Crippen LogP contribution in [0.2, 0.25) is 0 Å². The first-order chi connectivity index (χ1) is 6.00. The minimum absolute atomic E-state index is 0.0118. The normalized spacial score (nSPS) is 27.5. The third kappa shape index (κ3) is 2.30. The summed E-state index contributed by atoms with van der Waals surface area (Å²) in [7, 11) is 4.05. The van der Waals surface area contributed by atoms with Gasteiger partial charge in [0, 0.05) is 5.03 Å². The summed E-state index contributed by atoms with van der Waals surface area (Å²) in [5.41, 5.74) is 0.622. The molecule has 74 valence electrons. The third-order valence-corrected chi connectivity index (χ3v) is 2.89. The van der Waals surface area contributed by atoms with Crippen LogP contribution in [0.5, 0.6) is 0 Å². The number of halogens is 1. The maximum Gasteiger partial charge on any atom is 0.152 e. The number of hydrogen-bond acceptors (Lipinski definition) is 2. The fourth-order valence-corrected chi connectivity index (χ4v) is 2.01. The molecule has 1 atom stereocenters. The lowest BCUT2D eigenvalue weighted by atomic mass is 9.99. The average Bonchev–Trinajstić information content (AvgIpc) is 2.08. The van der Waals surface area contributed by atoms with Gasteiger partial charge in [0.1, 0.15) is 6.54 Å². The second-order valence-corrected chi connectivity index (χ2v) is 4.55. The molecule has 0 aliphatic carbocycles. The van der Waals surface area contributed by atoms with Crippen molar-refractivity contribution in [3.05, 3.63) is 10.6 Å². The second-order valence-electron chi connectivity index (χ2n) is 4.15. The fourth-order valence-electron chi connectivity index (χ4n) is 1.77. The van der Waals surface area contributed by atoms with Crippen molar-refractivity contribution in [1.29, 1.82) is 0 Å². The van der Waals surface area contributed by atoms with Crippen LogP contribution < -0.4 is 0 Å². The van der Waals surface area contributed by atoms with Crippen LogP contribution in [0.3, 0.4) is 0 Å². The Morgan fingerprint density at radius 2 is 2.31 bits per heavy atom. The third-order valence-electron chi connectivity index (χ3n) is 2.34. The van der Waals surface area contributed by atoms with Gasteiger partial charge in [-0.1, -0.05) is 11.6 Å². The molecule has 0 spiro atoms. The van der Waals surface area contributed by atoms with E-state index in [1.54, 1.807) is 0 Å². The lowest BCUT2D eigenvalue weighted by Gasteiger charge is -2.37. The van der Waals surface area contributed by atoms with Crippen LogP contribution in [0.4, 0.5) is 0 Å². The van der Waals surface area contributed by atoms with E-state index < -0.39 is 0 Å². The van der Waals surface area contributed by atoms with Crippen molar-refractivity contribution < 1.29 is 14.4 Å². The summed E-state index contributed by atoms with van der Waals surface area (Å²) >= 11 is 5.95. The Bertz CT molecular complexity index is 248. The zero-order valence-electron chi connectivity index (χ0n) is 7.96. The van der Waals surface area contributed by atoms with Gasteiger partial charge in [-0.3, -0.25) is 4.79 Å². The van der Waals surface area contributed by atoms with Crippen molar-refractivity contribution in [3.8, 4) is 0 Å². The van der Waals surface area contributed by atoms with E-state index in [2.05, 4.69) is 0 Å². The van der Waals surface area contributed by atoms with Gasteiger partial charge in [-0.15, -0.1) is 0 Å². The predicted octanol–water partition coefficient (Wildman–Crippen LogP) is 0.377. The van der Waals surface area contributed by atoms with Gasteiger partial charge in [0.15, 0.2) is 6.29 Å². The minimum atomic E-state index is -0.0781. The molecule has 0 radical (unpaired) electrons. The fraction of sp³-hybridized carbons (Fsp3) is 0.667. The van der Waals surface area contributed by atoms with Gasteiger partial charge in [-0.05, 0) is 0 Å². The van der Waals surface area contributed by atoms with Crippen LogP contribution >= 0.6 is 11.6 Å². The number of carbonyl (C=O) groups is 1. The first-order valence-electron chi connectivity index (χ1n) is 4.27. The molecule has 0 aromatic carbocycles. The molecule has 1 aliphatic heterocycles. The van der Waals surface area contributed by atoms with Crippen LogP contribution in [-0.2, 0) is 4.79 Å². The summed E-state index contributed by atoms with van der Waals surface area (Å²) in [6, 6.07) is 0. The molecule has 0 aromatic rings. The van der Waals surface area contributed by atoms with Gasteiger partial charge in [0.25, 0.3) is 0 Å². The molecule has 1 rings (SSSR count). The first kappa shape index (κ1) is 10.7. The van der Waals surface area contributed by atoms with Crippen LogP contribution in [0.1, 0.15) is 0 Å². The number of rotatable bonds is 2. The summed E-state index contributed by atoms with van der Waals surface area (Å²) in [4.78, 5) is 10.7. The monoisotopic (exact) mass is 204 g/mol. The molecular weight excluding hydrogens is 190 g/mol. The number of aliphatic hydroxyl groups is 1. The van der Waals surface area contributed by atoms with Crippen molar-refractivity contribution in [2.24, 2.45) is 5.92 Å². The highest BCUT2D eigenvalue weighted by atomic mass is 35.5. The minimum Gasteiger partial charge on any atom is -0.395 e. The molecule has 0 bridgehead atoms. The lowest BCUT2D eigenvalue weighted by Crippen LogP contribution is -2.49. The molecule has 1 aliphatic rings. The summed E-state index contributed by atoms with van der Waals surface area (Å²) in [5, 5.41) is 9.60. The van der Waals surface area contributed by atoms with E-state index in [4.69, 9.17) is 16.7 Å². The van der Waals surface area contributed by atoms with Crippen LogP contribution in [0, 0.1) is 5.92 Å². The summed E-state index contributed by atoms with van der Waals surface area (Å²) in [5.74, 6) is -0.0781. The topological polar surface area (TPSA) is 37.3 Å². The van der Waals surface area contributed by atoms with Crippen molar-refractivity contribution in [1.82, 2.24) is 0 Å². The first-order valence-corrected chi connectivity index (χ1v) is 4.64. The standard InChI is InChI=1S/C9H15ClNO2/c1-11(2)3-7(5-12)9(10)8(4-11)6-13/h5,8,13H,3-4,6H2,1-2H3/q+1. The Hall–Kier alpha value is -0.380. The van der Waals surface area contributed by atoms with Crippen LogP contribution in [0.15, 0.2) is 10.6 Å². The smallest absolute Gasteiger partial charge is 0.152 e. The Labute approximate surface area is 83.2 Å². The van der Waals surface area contributed by atoms with E-state index in [0.29, 0.717) is 21.6 Å². The van der Waals surface area contributed by atoms with E-state index in [0.717, 1.165) is 12.8 Å². The van der Waals surface area contributed by atoms with Gasteiger partial charge >= 0.3 is 0 Å². The van der Waals surface area contributed by atoms with Gasteiger partial charge in [-0.2, -0.15) is 0 Å². The van der Waals surface area contributed by atoms with E-state index in [-0.39, 0.29) is 12.5 Å². The van der Waals surface area contributed by atoms with Crippen molar-refractivity contribution in [2.45, 2.75) is 0 Å². The summed E-state index contributed by atoms with van der Waals surface area (Å²) in [6.45, 7) is 1.45. The number of quaternary nitrogens is 1. The van der Waals surface area contributed by atoms with Crippen molar-refractivity contribution in [3.63, 3.8) is 0 Å². The molecule has 0 saturated carbocycles. The summed E-state index contributed by atoms with van der Waals surface area (Å²) in [6.07, 6.45) is 0.796. The molecule has 0 amide bonds. The number of nitrogens with zero attached hydrogens (tertiary/aromatic N) is 1. The molecule has 0 aromatic heterocycles. The number of carbonyl (C=O) groups excluding carboxylic acids is 1. The predicted molar refractivity (Wildman–Crippen MR) is 51.4 cm³/mol. The van der Waals surface area contributed by atoms with E-state index >= 15 is 0 Å². The zero-order chi connectivity index (χ0) is 10.1. The lowest BCUT2D eigenvalue weighted by molar-refractivity contribution is -0.889. The molecule has 0 saturated heterocycles. The Morgan fingerprint density at radius 1 is 1.69 bits per heavy atom. The molecule has 4 heteroatoms.